The van der Waals surface area contributed by atoms with E-state index >= 15 is 0 Å². The van der Waals surface area contributed by atoms with E-state index in [0.717, 1.165) is 17.5 Å². The highest BCUT2D eigenvalue weighted by Crippen LogP contribution is 2.51. The van der Waals surface area contributed by atoms with E-state index < -0.39 is 7.60 Å². The van der Waals surface area contributed by atoms with Gasteiger partial charge in [0.05, 0.1) is 19.4 Å². The molecule has 0 aliphatic heterocycles. The Morgan fingerprint density at radius 3 is 2.17 bits per heavy atom. The molecule has 0 radical (unpaired) electrons. The lowest BCUT2D eigenvalue weighted by atomic mass is 10.1. The minimum Gasteiger partial charge on any atom is -0.309 e. The van der Waals surface area contributed by atoms with E-state index in [1.165, 1.54) is 25.7 Å². The quantitative estimate of drug-likeness (QED) is 0.309. The lowest BCUT2D eigenvalue weighted by molar-refractivity contribution is 0.219. The number of benzene rings is 1. The third kappa shape index (κ3) is 8.37. The normalized spacial score (nSPS) is 11.1. The van der Waals surface area contributed by atoms with Crippen LogP contribution in [0.4, 0.5) is 0 Å². The third-order valence-electron chi connectivity index (χ3n) is 3.37. The second kappa shape index (κ2) is 11.5. The molecule has 0 aliphatic rings. The van der Waals surface area contributed by atoms with Gasteiger partial charge in [0.2, 0.25) is 0 Å². The summed E-state index contributed by atoms with van der Waals surface area (Å²) in [4.78, 5) is 0. The zero-order valence-electron chi connectivity index (χ0n) is 14.6. The molecule has 1 aromatic carbocycles. The van der Waals surface area contributed by atoms with Crippen molar-refractivity contribution >= 4 is 7.60 Å². The maximum absolute atomic E-state index is 12.5. The second-order valence-corrected chi connectivity index (χ2v) is 7.47. The van der Waals surface area contributed by atoms with E-state index in [2.05, 4.69) is 18.8 Å². The van der Waals surface area contributed by atoms with Gasteiger partial charge in [-0.2, -0.15) is 0 Å². The van der Waals surface area contributed by atoms with Crippen LogP contribution in [-0.2, 0) is 19.8 Å². The predicted molar refractivity (Wildman–Crippen MR) is 96.6 cm³/mol. The molecule has 128 valence electrons. The molecule has 0 unspecified atom stereocenters. The zero-order valence-corrected chi connectivity index (χ0v) is 15.5. The number of hydrogen-bond donors (Lipinski definition) is 0. The molecule has 0 fully saturated rings. The highest BCUT2D eigenvalue weighted by molar-refractivity contribution is 7.53. The fraction of sp³-hybridized carbons (Fsp3) is 0.579. The molecule has 0 aliphatic carbocycles. The van der Waals surface area contributed by atoms with Crippen molar-refractivity contribution in [2.45, 2.75) is 59.0 Å². The Balaban J connectivity index is 2.55. The van der Waals surface area contributed by atoms with E-state index in [1.54, 1.807) is 0 Å². The van der Waals surface area contributed by atoms with Crippen molar-refractivity contribution in [3.05, 3.63) is 35.4 Å². The maximum Gasteiger partial charge on any atom is 0.335 e. The number of hydrogen-bond acceptors (Lipinski definition) is 3. The molecular weight excluding hydrogens is 307 g/mol. The SMILES string of the molecule is CCCCCCC#Cc1ccc(CP(=O)(OCC)OCC)cc1. The van der Waals surface area contributed by atoms with Gasteiger partial charge in [0, 0.05) is 12.0 Å². The Bertz CT molecular complexity index is 530. The monoisotopic (exact) mass is 336 g/mol. The summed E-state index contributed by atoms with van der Waals surface area (Å²) in [6.07, 6.45) is 6.22. The lowest BCUT2D eigenvalue weighted by Gasteiger charge is -2.16. The summed E-state index contributed by atoms with van der Waals surface area (Å²) in [5, 5.41) is 0. The molecule has 1 aromatic rings. The van der Waals surface area contributed by atoms with E-state index in [4.69, 9.17) is 9.05 Å². The Hall–Kier alpha value is -1.07. The molecule has 4 heteroatoms. The maximum atomic E-state index is 12.5. The van der Waals surface area contributed by atoms with Gasteiger partial charge in [-0.25, -0.2) is 0 Å². The topological polar surface area (TPSA) is 35.5 Å². The van der Waals surface area contributed by atoms with Gasteiger partial charge in [-0.15, -0.1) is 0 Å². The minimum atomic E-state index is -3.03. The van der Waals surface area contributed by atoms with Crippen molar-refractivity contribution in [2.75, 3.05) is 13.2 Å². The van der Waals surface area contributed by atoms with Gasteiger partial charge in [0.25, 0.3) is 0 Å². The number of rotatable bonds is 10. The molecule has 0 saturated heterocycles. The lowest BCUT2D eigenvalue weighted by Crippen LogP contribution is -1.99. The van der Waals surface area contributed by atoms with Gasteiger partial charge < -0.3 is 9.05 Å². The molecule has 0 spiro atoms. The van der Waals surface area contributed by atoms with Crippen molar-refractivity contribution in [3.8, 4) is 11.8 Å². The second-order valence-electron chi connectivity index (χ2n) is 5.41. The fourth-order valence-electron chi connectivity index (χ4n) is 2.24. The van der Waals surface area contributed by atoms with Crippen LogP contribution in [0.5, 0.6) is 0 Å². The Morgan fingerprint density at radius 1 is 0.957 bits per heavy atom. The summed E-state index contributed by atoms with van der Waals surface area (Å²) in [5.74, 6) is 6.40. The summed E-state index contributed by atoms with van der Waals surface area (Å²) < 4.78 is 23.1. The molecule has 1 rings (SSSR count). The van der Waals surface area contributed by atoms with Crippen molar-refractivity contribution < 1.29 is 13.6 Å². The minimum absolute atomic E-state index is 0.305. The molecule has 0 saturated carbocycles. The number of unbranched alkanes of at least 4 members (excludes halogenated alkanes) is 4. The molecule has 0 bridgehead atoms. The van der Waals surface area contributed by atoms with Crippen LogP contribution in [-0.4, -0.2) is 13.2 Å². The highest BCUT2D eigenvalue weighted by atomic mass is 31.2. The Labute approximate surface area is 141 Å². The molecule has 0 atom stereocenters. The van der Waals surface area contributed by atoms with Crippen LogP contribution in [0.25, 0.3) is 0 Å². The van der Waals surface area contributed by atoms with Crippen LogP contribution in [0, 0.1) is 11.8 Å². The largest absolute Gasteiger partial charge is 0.335 e. The van der Waals surface area contributed by atoms with Crippen LogP contribution in [0.3, 0.4) is 0 Å². The van der Waals surface area contributed by atoms with Crippen molar-refractivity contribution in [1.29, 1.82) is 0 Å². The fourth-order valence-corrected chi connectivity index (χ4v) is 3.95. The average molecular weight is 336 g/mol. The van der Waals surface area contributed by atoms with Crippen molar-refractivity contribution in [1.82, 2.24) is 0 Å². The van der Waals surface area contributed by atoms with Crippen LogP contribution in [0.2, 0.25) is 0 Å². The van der Waals surface area contributed by atoms with Gasteiger partial charge in [0.15, 0.2) is 0 Å². The Morgan fingerprint density at radius 2 is 1.61 bits per heavy atom. The van der Waals surface area contributed by atoms with Crippen LogP contribution >= 0.6 is 7.60 Å². The molecule has 0 amide bonds. The summed E-state index contributed by atoms with van der Waals surface area (Å²) in [6.45, 7) is 6.64. The van der Waals surface area contributed by atoms with Crippen LogP contribution < -0.4 is 0 Å². The van der Waals surface area contributed by atoms with E-state index in [9.17, 15) is 4.57 Å². The molecule has 0 heterocycles. The molecular formula is C19H29O3P. The van der Waals surface area contributed by atoms with E-state index in [0.29, 0.717) is 19.4 Å². The molecule has 0 aromatic heterocycles. The first-order valence-corrected chi connectivity index (χ1v) is 10.3. The molecule has 23 heavy (non-hydrogen) atoms. The standard InChI is InChI=1S/C19H29O3P/c1-4-7-8-9-10-11-12-18-13-15-19(16-14-18)17-23(20,21-5-2)22-6-3/h13-16H,4-10,17H2,1-3H3. The zero-order chi connectivity index (χ0) is 17.0. The highest BCUT2D eigenvalue weighted by Gasteiger charge is 2.23. The van der Waals surface area contributed by atoms with Crippen LogP contribution in [0.15, 0.2) is 24.3 Å². The first-order chi connectivity index (χ1) is 11.1. The van der Waals surface area contributed by atoms with E-state index in [-0.39, 0.29) is 0 Å². The first-order valence-electron chi connectivity index (χ1n) is 8.59. The summed E-state index contributed by atoms with van der Waals surface area (Å²) >= 11 is 0. The van der Waals surface area contributed by atoms with Gasteiger partial charge in [-0.1, -0.05) is 50.2 Å². The predicted octanol–water partition coefficient (Wildman–Crippen LogP) is 5.77. The van der Waals surface area contributed by atoms with Gasteiger partial charge in [-0.3, -0.25) is 4.57 Å². The average Bonchev–Trinajstić information content (AvgIpc) is 2.52. The van der Waals surface area contributed by atoms with Gasteiger partial charge in [-0.05, 0) is 38.0 Å². The van der Waals surface area contributed by atoms with Gasteiger partial charge >= 0.3 is 7.60 Å². The summed E-state index contributed by atoms with van der Waals surface area (Å²) in [6, 6.07) is 7.84. The molecule has 0 N–H and O–H groups in total. The smallest absolute Gasteiger partial charge is 0.309 e. The van der Waals surface area contributed by atoms with Crippen LogP contribution in [0.1, 0.15) is 64.0 Å². The third-order valence-corrected chi connectivity index (χ3v) is 5.43. The molecule has 3 nitrogen and oxygen atoms in total. The summed E-state index contributed by atoms with van der Waals surface area (Å²) in [7, 11) is -3.03. The Kier molecular flexibility index (Phi) is 9.96. The van der Waals surface area contributed by atoms with Crippen molar-refractivity contribution in [2.24, 2.45) is 0 Å². The van der Waals surface area contributed by atoms with E-state index in [1.807, 2.05) is 38.1 Å². The van der Waals surface area contributed by atoms with Gasteiger partial charge in [0.1, 0.15) is 0 Å². The first kappa shape index (κ1) is 20.0. The summed E-state index contributed by atoms with van der Waals surface area (Å²) in [5.41, 5.74) is 1.94. The van der Waals surface area contributed by atoms with Crippen molar-refractivity contribution in [3.63, 3.8) is 0 Å².